The van der Waals surface area contributed by atoms with E-state index in [-0.39, 0.29) is 12.1 Å². The molecule has 2 aromatic rings. The highest BCUT2D eigenvalue weighted by Gasteiger charge is 2.38. The topological polar surface area (TPSA) is 97.1 Å². The molecule has 0 spiro atoms. The van der Waals surface area contributed by atoms with E-state index < -0.39 is 17.4 Å². The van der Waals surface area contributed by atoms with Gasteiger partial charge in [-0.2, -0.15) is 0 Å². The normalized spacial score (nSPS) is 16.0. The summed E-state index contributed by atoms with van der Waals surface area (Å²) in [6.45, 7) is 0. The van der Waals surface area contributed by atoms with Crippen LogP contribution in [0, 0.1) is 0 Å². The van der Waals surface area contributed by atoms with Crippen LogP contribution in [0.2, 0.25) is 5.02 Å². The van der Waals surface area contributed by atoms with Crippen molar-refractivity contribution in [2.24, 2.45) is 0 Å². The smallest absolute Gasteiger partial charge is 0.305 e. The number of hydrogen-bond acceptors (Lipinski definition) is 4. The Morgan fingerprint density at radius 1 is 1.29 bits per heavy atom. The van der Waals surface area contributed by atoms with Crippen molar-refractivity contribution in [2.45, 2.75) is 37.6 Å². The van der Waals surface area contributed by atoms with Crippen LogP contribution in [0.1, 0.15) is 42.6 Å². The summed E-state index contributed by atoms with van der Waals surface area (Å²) in [4.78, 5) is 23.6. The maximum atomic E-state index is 12.5. The van der Waals surface area contributed by atoms with Crippen molar-refractivity contribution < 1.29 is 14.7 Å². The van der Waals surface area contributed by atoms with Gasteiger partial charge in [0, 0.05) is 0 Å². The van der Waals surface area contributed by atoms with Gasteiger partial charge in [-0.15, -0.1) is 5.10 Å². The highest BCUT2D eigenvalue weighted by atomic mass is 35.5. The molecule has 0 aliphatic heterocycles. The molecule has 1 aliphatic rings. The van der Waals surface area contributed by atoms with Crippen molar-refractivity contribution >= 4 is 23.5 Å². The lowest BCUT2D eigenvalue weighted by Gasteiger charge is -2.28. The third kappa shape index (κ3) is 3.41. The van der Waals surface area contributed by atoms with Gasteiger partial charge in [-0.05, 0) is 25.0 Å². The molecule has 0 saturated heterocycles. The highest BCUT2D eigenvalue weighted by Crippen LogP contribution is 2.33. The SMILES string of the molecule is O=C(O)CC1(NC(=O)c2cn(-c3ccccc3Cl)nn2)CCCC1. The molecule has 126 valence electrons. The number of carbonyl (C=O) groups is 2. The van der Waals surface area contributed by atoms with Gasteiger partial charge in [0.2, 0.25) is 0 Å². The van der Waals surface area contributed by atoms with Crippen LogP contribution in [0.15, 0.2) is 30.5 Å². The number of para-hydroxylation sites is 1. The molecule has 1 aliphatic carbocycles. The summed E-state index contributed by atoms with van der Waals surface area (Å²) in [5, 5.41) is 20.3. The molecular formula is C16H17ClN4O3. The molecule has 0 radical (unpaired) electrons. The van der Waals surface area contributed by atoms with E-state index in [0.717, 1.165) is 12.8 Å². The fourth-order valence-corrected chi connectivity index (χ4v) is 3.34. The maximum Gasteiger partial charge on any atom is 0.305 e. The van der Waals surface area contributed by atoms with E-state index in [9.17, 15) is 9.59 Å². The van der Waals surface area contributed by atoms with Crippen LogP contribution < -0.4 is 5.32 Å². The summed E-state index contributed by atoms with van der Waals surface area (Å²) >= 11 is 6.11. The van der Waals surface area contributed by atoms with Gasteiger partial charge in [0.15, 0.2) is 5.69 Å². The van der Waals surface area contributed by atoms with Gasteiger partial charge in [-0.25, -0.2) is 4.68 Å². The number of carbonyl (C=O) groups excluding carboxylic acids is 1. The van der Waals surface area contributed by atoms with Crippen LogP contribution in [0.3, 0.4) is 0 Å². The van der Waals surface area contributed by atoms with Crippen molar-refractivity contribution in [2.75, 3.05) is 0 Å². The van der Waals surface area contributed by atoms with Gasteiger partial charge in [0.05, 0.1) is 28.9 Å². The second kappa shape index (κ2) is 6.60. The molecule has 1 amide bonds. The summed E-state index contributed by atoms with van der Waals surface area (Å²) in [6.07, 6.45) is 4.52. The largest absolute Gasteiger partial charge is 0.481 e. The first-order valence-electron chi connectivity index (χ1n) is 7.71. The first kappa shape index (κ1) is 16.4. The van der Waals surface area contributed by atoms with Gasteiger partial charge in [-0.1, -0.05) is 41.8 Å². The van der Waals surface area contributed by atoms with Crippen molar-refractivity contribution in [1.82, 2.24) is 20.3 Å². The minimum atomic E-state index is -0.920. The predicted octanol–water partition coefficient (Wildman–Crippen LogP) is 2.44. The zero-order chi connectivity index (χ0) is 17.2. The number of halogens is 1. The molecule has 8 heteroatoms. The number of aromatic nitrogens is 3. The summed E-state index contributed by atoms with van der Waals surface area (Å²) in [7, 11) is 0. The lowest BCUT2D eigenvalue weighted by molar-refractivity contribution is -0.138. The van der Waals surface area contributed by atoms with E-state index in [2.05, 4.69) is 15.6 Å². The number of carboxylic acids is 1. The van der Waals surface area contributed by atoms with Gasteiger partial charge in [0.25, 0.3) is 5.91 Å². The molecule has 1 saturated carbocycles. The molecule has 24 heavy (non-hydrogen) atoms. The van der Waals surface area contributed by atoms with Gasteiger partial charge in [-0.3, -0.25) is 9.59 Å². The van der Waals surface area contributed by atoms with Crippen LogP contribution >= 0.6 is 11.6 Å². The van der Waals surface area contributed by atoms with Crippen molar-refractivity contribution in [3.05, 3.63) is 41.2 Å². The first-order valence-corrected chi connectivity index (χ1v) is 8.08. The summed E-state index contributed by atoms with van der Waals surface area (Å²) in [5.74, 6) is -1.34. The van der Waals surface area contributed by atoms with Crippen molar-refractivity contribution in [3.8, 4) is 5.69 Å². The lowest BCUT2D eigenvalue weighted by atomic mass is 9.93. The minimum Gasteiger partial charge on any atom is -0.481 e. The zero-order valence-electron chi connectivity index (χ0n) is 12.9. The van der Waals surface area contributed by atoms with E-state index in [1.165, 1.54) is 10.9 Å². The molecule has 1 aromatic carbocycles. The highest BCUT2D eigenvalue weighted by molar-refractivity contribution is 6.32. The number of nitrogens with one attached hydrogen (secondary N) is 1. The predicted molar refractivity (Wildman–Crippen MR) is 87.3 cm³/mol. The Morgan fingerprint density at radius 2 is 2.00 bits per heavy atom. The molecule has 1 heterocycles. The second-order valence-corrected chi connectivity index (χ2v) is 6.42. The Labute approximate surface area is 143 Å². The standard InChI is InChI=1S/C16H17ClN4O3/c17-11-5-1-2-6-13(11)21-10-12(19-20-21)15(24)18-16(9-14(22)23)7-3-4-8-16/h1-2,5-6,10H,3-4,7-9H2,(H,18,24)(H,22,23). The van der Waals surface area contributed by atoms with Crippen LogP contribution in [0.4, 0.5) is 0 Å². The average Bonchev–Trinajstić information content (AvgIpc) is 3.17. The molecule has 1 fully saturated rings. The second-order valence-electron chi connectivity index (χ2n) is 6.01. The number of hydrogen-bond donors (Lipinski definition) is 2. The fraction of sp³-hybridized carbons (Fsp3) is 0.375. The molecular weight excluding hydrogens is 332 g/mol. The Kier molecular flexibility index (Phi) is 4.53. The van der Waals surface area contributed by atoms with E-state index in [1.807, 2.05) is 6.07 Å². The number of benzene rings is 1. The minimum absolute atomic E-state index is 0.0859. The third-order valence-corrected chi connectivity index (χ3v) is 4.57. The molecule has 2 N–H and O–H groups in total. The van der Waals surface area contributed by atoms with Crippen LogP contribution in [0.25, 0.3) is 5.69 Å². The fourth-order valence-electron chi connectivity index (χ4n) is 3.12. The average molecular weight is 349 g/mol. The lowest BCUT2D eigenvalue weighted by Crippen LogP contribution is -2.47. The van der Waals surface area contributed by atoms with Crippen LogP contribution in [-0.4, -0.2) is 37.5 Å². The van der Waals surface area contributed by atoms with Crippen LogP contribution in [0.5, 0.6) is 0 Å². The summed E-state index contributed by atoms with van der Waals surface area (Å²) < 4.78 is 1.43. The molecule has 7 nitrogen and oxygen atoms in total. The Balaban J connectivity index is 1.79. The van der Waals surface area contributed by atoms with E-state index in [1.54, 1.807) is 18.2 Å². The number of aliphatic carboxylic acids is 1. The molecule has 0 atom stereocenters. The maximum absolute atomic E-state index is 12.5. The van der Waals surface area contributed by atoms with Gasteiger partial charge in [0.1, 0.15) is 0 Å². The Morgan fingerprint density at radius 3 is 2.67 bits per heavy atom. The number of nitrogens with zero attached hydrogens (tertiary/aromatic N) is 3. The molecule has 0 bridgehead atoms. The Hall–Kier alpha value is -2.41. The number of rotatable bonds is 5. The van der Waals surface area contributed by atoms with Gasteiger partial charge < -0.3 is 10.4 Å². The van der Waals surface area contributed by atoms with Crippen molar-refractivity contribution in [1.29, 1.82) is 0 Å². The zero-order valence-corrected chi connectivity index (χ0v) is 13.7. The number of amides is 1. The molecule has 1 aromatic heterocycles. The third-order valence-electron chi connectivity index (χ3n) is 4.25. The number of carboxylic acid groups (broad SMARTS) is 1. The summed E-state index contributed by atoms with van der Waals surface area (Å²) in [5.41, 5.74) is 0.0512. The molecule has 0 unspecified atom stereocenters. The van der Waals surface area contributed by atoms with E-state index in [0.29, 0.717) is 23.6 Å². The quantitative estimate of drug-likeness (QED) is 0.865. The van der Waals surface area contributed by atoms with E-state index >= 15 is 0 Å². The van der Waals surface area contributed by atoms with E-state index in [4.69, 9.17) is 16.7 Å². The van der Waals surface area contributed by atoms with Gasteiger partial charge >= 0.3 is 5.97 Å². The van der Waals surface area contributed by atoms with Crippen molar-refractivity contribution in [3.63, 3.8) is 0 Å². The molecule has 3 rings (SSSR count). The first-order chi connectivity index (χ1) is 11.5. The Bertz CT molecular complexity index is 768. The monoisotopic (exact) mass is 348 g/mol. The van der Waals surface area contributed by atoms with Crippen LogP contribution in [-0.2, 0) is 4.79 Å². The summed E-state index contributed by atoms with van der Waals surface area (Å²) in [6, 6.07) is 7.09.